The zero-order chi connectivity index (χ0) is 17.8. The van der Waals surface area contributed by atoms with Gasteiger partial charge in [0.05, 0.1) is 19.8 Å². The van der Waals surface area contributed by atoms with Gasteiger partial charge in [-0.15, -0.1) is 0 Å². The smallest absolute Gasteiger partial charge is 0.251 e. The van der Waals surface area contributed by atoms with E-state index in [9.17, 15) is 4.79 Å². The van der Waals surface area contributed by atoms with Gasteiger partial charge in [-0.3, -0.25) is 4.79 Å². The number of benzene rings is 2. The number of fused-ring (bicyclic) bond motifs is 1. The van der Waals surface area contributed by atoms with Crippen molar-refractivity contribution in [3.8, 4) is 5.75 Å². The second kappa shape index (κ2) is 7.79. The molecule has 2 aliphatic heterocycles. The lowest BCUT2D eigenvalue weighted by atomic mass is 9.96. The highest BCUT2D eigenvalue weighted by Crippen LogP contribution is 2.26. The first-order valence-electron chi connectivity index (χ1n) is 9.21. The molecular formula is C21H24N2O3. The van der Waals surface area contributed by atoms with E-state index in [2.05, 4.69) is 16.3 Å². The summed E-state index contributed by atoms with van der Waals surface area (Å²) in [5.74, 6) is 1.24. The van der Waals surface area contributed by atoms with Gasteiger partial charge in [0.25, 0.3) is 5.91 Å². The number of hydrogen-bond donors (Lipinski definition) is 1. The minimum Gasteiger partial charge on any atom is -0.493 e. The lowest BCUT2D eigenvalue weighted by Crippen LogP contribution is -2.36. The van der Waals surface area contributed by atoms with Crippen molar-refractivity contribution in [1.82, 2.24) is 5.32 Å². The van der Waals surface area contributed by atoms with Crippen LogP contribution < -0.4 is 15.0 Å². The maximum absolute atomic E-state index is 12.4. The van der Waals surface area contributed by atoms with Gasteiger partial charge in [-0.1, -0.05) is 18.2 Å². The number of para-hydroxylation sites is 1. The molecule has 2 aliphatic rings. The van der Waals surface area contributed by atoms with E-state index in [1.165, 1.54) is 5.56 Å². The number of hydrogen-bond acceptors (Lipinski definition) is 4. The summed E-state index contributed by atoms with van der Waals surface area (Å²) in [7, 11) is 0. The summed E-state index contributed by atoms with van der Waals surface area (Å²) in [6.07, 6.45) is 0.937. The van der Waals surface area contributed by atoms with Gasteiger partial charge in [0.2, 0.25) is 0 Å². The van der Waals surface area contributed by atoms with Gasteiger partial charge < -0.3 is 19.7 Å². The molecule has 1 unspecified atom stereocenters. The molecule has 0 aromatic heterocycles. The Hall–Kier alpha value is -2.53. The van der Waals surface area contributed by atoms with Crippen molar-refractivity contribution in [1.29, 1.82) is 0 Å². The van der Waals surface area contributed by atoms with Crippen LogP contribution in [0.1, 0.15) is 15.9 Å². The molecule has 2 aromatic rings. The predicted molar refractivity (Wildman–Crippen MR) is 101 cm³/mol. The van der Waals surface area contributed by atoms with Crippen molar-refractivity contribution in [2.24, 2.45) is 5.92 Å². The van der Waals surface area contributed by atoms with Crippen LogP contribution in [0.2, 0.25) is 0 Å². The Kier molecular flexibility index (Phi) is 5.07. The number of carbonyl (C=O) groups is 1. The average molecular weight is 352 g/mol. The highest BCUT2D eigenvalue weighted by atomic mass is 16.5. The number of nitrogens with zero attached hydrogens (tertiary/aromatic N) is 1. The lowest BCUT2D eigenvalue weighted by molar-refractivity contribution is 0.0939. The molecule has 0 saturated carbocycles. The zero-order valence-corrected chi connectivity index (χ0v) is 14.8. The molecule has 0 spiro atoms. The fraction of sp³-hybridized carbons (Fsp3) is 0.381. The van der Waals surface area contributed by atoms with Gasteiger partial charge >= 0.3 is 0 Å². The fourth-order valence-corrected chi connectivity index (χ4v) is 3.51. The molecule has 5 heteroatoms. The number of amides is 1. The Morgan fingerprint density at radius 2 is 1.85 bits per heavy atom. The number of morpholine rings is 1. The average Bonchev–Trinajstić information content (AvgIpc) is 2.72. The molecule has 1 saturated heterocycles. The molecule has 0 aliphatic carbocycles. The van der Waals surface area contributed by atoms with E-state index >= 15 is 0 Å². The molecule has 2 heterocycles. The summed E-state index contributed by atoms with van der Waals surface area (Å²) >= 11 is 0. The number of carbonyl (C=O) groups excluding carboxylic acids is 1. The van der Waals surface area contributed by atoms with Crippen LogP contribution in [0.25, 0.3) is 0 Å². The standard InChI is InChI=1S/C21H24N2O3/c24-21(17-5-7-19(8-6-17)23-9-11-25-12-10-23)22-14-16-13-18-3-1-2-4-20(18)26-15-16/h1-8,16H,9-15H2,(H,22,24). The zero-order valence-electron chi connectivity index (χ0n) is 14.8. The first-order chi connectivity index (χ1) is 12.8. The first kappa shape index (κ1) is 16.9. The second-order valence-electron chi connectivity index (χ2n) is 6.85. The SMILES string of the molecule is O=C(NCC1COc2ccccc2C1)c1ccc(N2CCOCC2)cc1. The minimum atomic E-state index is -0.0302. The van der Waals surface area contributed by atoms with E-state index < -0.39 is 0 Å². The van der Waals surface area contributed by atoms with E-state index in [1.54, 1.807) is 0 Å². The molecule has 1 fully saturated rings. The van der Waals surface area contributed by atoms with Crippen molar-refractivity contribution in [3.05, 3.63) is 59.7 Å². The summed E-state index contributed by atoms with van der Waals surface area (Å²) in [5.41, 5.74) is 3.05. The van der Waals surface area contributed by atoms with Crippen molar-refractivity contribution in [2.75, 3.05) is 44.4 Å². The van der Waals surface area contributed by atoms with Crippen LogP contribution in [0.4, 0.5) is 5.69 Å². The van der Waals surface area contributed by atoms with Crippen LogP contribution in [-0.2, 0) is 11.2 Å². The minimum absolute atomic E-state index is 0.0302. The van der Waals surface area contributed by atoms with Gasteiger partial charge in [-0.2, -0.15) is 0 Å². The summed E-state index contributed by atoms with van der Waals surface area (Å²) in [5, 5.41) is 3.05. The number of anilines is 1. The largest absolute Gasteiger partial charge is 0.493 e. The topological polar surface area (TPSA) is 50.8 Å². The molecule has 5 nitrogen and oxygen atoms in total. The van der Waals surface area contributed by atoms with Crippen LogP contribution in [0, 0.1) is 5.92 Å². The maximum Gasteiger partial charge on any atom is 0.251 e. The van der Waals surface area contributed by atoms with Crippen LogP contribution >= 0.6 is 0 Å². The third-order valence-electron chi connectivity index (χ3n) is 5.01. The van der Waals surface area contributed by atoms with Crippen LogP contribution in [0.15, 0.2) is 48.5 Å². The normalized spacial score (nSPS) is 19.4. The Bertz CT molecular complexity index is 754. The van der Waals surface area contributed by atoms with E-state index in [0.717, 1.165) is 44.2 Å². The molecule has 0 bridgehead atoms. The quantitative estimate of drug-likeness (QED) is 0.919. The van der Waals surface area contributed by atoms with Crippen LogP contribution in [0.5, 0.6) is 5.75 Å². The van der Waals surface area contributed by atoms with Gasteiger partial charge in [0, 0.05) is 36.8 Å². The first-order valence-corrected chi connectivity index (χ1v) is 9.21. The van der Waals surface area contributed by atoms with Gasteiger partial charge in [0.1, 0.15) is 5.75 Å². The molecule has 26 heavy (non-hydrogen) atoms. The van der Waals surface area contributed by atoms with Crippen LogP contribution in [-0.4, -0.2) is 45.4 Å². The molecule has 2 aromatic carbocycles. The Morgan fingerprint density at radius 1 is 1.08 bits per heavy atom. The molecule has 136 valence electrons. The van der Waals surface area contributed by atoms with Gasteiger partial charge in [-0.05, 0) is 42.3 Å². The molecular weight excluding hydrogens is 328 g/mol. The summed E-state index contributed by atoms with van der Waals surface area (Å²) in [6, 6.07) is 15.9. The Labute approximate surface area is 153 Å². The monoisotopic (exact) mass is 352 g/mol. The molecule has 4 rings (SSSR count). The highest BCUT2D eigenvalue weighted by molar-refractivity contribution is 5.94. The summed E-state index contributed by atoms with van der Waals surface area (Å²) in [4.78, 5) is 14.7. The number of ether oxygens (including phenoxy) is 2. The third-order valence-corrected chi connectivity index (χ3v) is 5.01. The lowest BCUT2D eigenvalue weighted by Gasteiger charge is -2.29. The number of nitrogens with one attached hydrogen (secondary N) is 1. The molecule has 1 amide bonds. The van der Waals surface area contributed by atoms with E-state index in [4.69, 9.17) is 9.47 Å². The van der Waals surface area contributed by atoms with Crippen molar-refractivity contribution >= 4 is 11.6 Å². The second-order valence-corrected chi connectivity index (χ2v) is 6.85. The molecule has 0 radical (unpaired) electrons. The summed E-state index contributed by atoms with van der Waals surface area (Å²) in [6.45, 7) is 4.58. The van der Waals surface area contributed by atoms with Crippen molar-refractivity contribution < 1.29 is 14.3 Å². The summed E-state index contributed by atoms with van der Waals surface area (Å²) < 4.78 is 11.2. The third kappa shape index (κ3) is 3.83. The predicted octanol–water partition coefficient (Wildman–Crippen LogP) is 2.50. The maximum atomic E-state index is 12.4. The van der Waals surface area contributed by atoms with Crippen molar-refractivity contribution in [2.45, 2.75) is 6.42 Å². The Morgan fingerprint density at radius 3 is 2.65 bits per heavy atom. The fourth-order valence-electron chi connectivity index (χ4n) is 3.51. The number of rotatable bonds is 4. The highest BCUT2D eigenvalue weighted by Gasteiger charge is 2.20. The van der Waals surface area contributed by atoms with E-state index in [1.807, 2.05) is 42.5 Å². The van der Waals surface area contributed by atoms with E-state index in [0.29, 0.717) is 24.6 Å². The molecule has 1 N–H and O–H groups in total. The van der Waals surface area contributed by atoms with E-state index in [-0.39, 0.29) is 5.91 Å². The molecule has 1 atom stereocenters. The Balaban J connectivity index is 1.31. The van der Waals surface area contributed by atoms with Crippen molar-refractivity contribution in [3.63, 3.8) is 0 Å². The van der Waals surface area contributed by atoms with Crippen LogP contribution in [0.3, 0.4) is 0 Å². The van der Waals surface area contributed by atoms with Gasteiger partial charge in [0.15, 0.2) is 0 Å². The van der Waals surface area contributed by atoms with Gasteiger partial charge in [-0.25, -0.2) is 0 Å².